The van der Waals surface area contributed by atoms with Crippen molar-refractivity contribution >= 4 is 17.5 Å². The van der Waals surface area contributed by atoms with Gasteiger partial charge in [-0.05, 0) is 29.8 Å². The molecule has 2 aromatic rings. The van der Waals surface area contributed by atoms with Crippen molar-refractivity contribution in [2.45, 2.75) is 6.54 Å². The predicted molar refractivity (Wildman–Crippen MR) is 79.8 cm³/mol. The summed E-state index contributed by atoms with van der Waals surface area (Å²) in [6, 6.07) is 9.44. The largest absolute Gasteiger partial charge is 0.497 e. The van der Waals surface area contributed by atoms with Crippen LogP contribution in [0.2, 0.25) is 0 Å². The van der Waals surface area contributed by atoms with Crippen LogP contribution in [0, 0.1) is 11.6 Å². The van der Waals surface area contributed by atoms with Crippen LogP contribution in [0.15, 0.2) is 42.5 Å². The average molecular weight is 320 g/mol. The van der Waals surface area contributed by atoms with Gasteiger partial charge in [0, 0.05) is 12.6 Å². The standard InChI is InChI=1S/C16H14F2N2O3/c1-23-12-5-2-10(3-6-12)9-19-15(21)16(22)20-14-8-11(17)4-7-13(14)18/h2-8H,9H2,1H3,(H,19,21)(H,20,22). The lowest BCUT2D eigenvalue weighted by molar-refractivity contribution is -0.136. The molecule has 0 fully saturated rings. The molecule has 0 saturated heterocycles. The Balaban J connectivity index is 1.92. The van der Waals surface area contributed by atoms with Crippen molar-refractivity contribution < 1.29 is 23.1 Å². The molecule has 0 spiro atoms. The van der Waals surface area contributed by atoms with Crippen LogP contribution in [0.3, 0.4) is 0 Å². The number of amides is 2. The number of carbonyl (C=O) groups excluding carboxylic acids is 2. The number of benzene rings is 2. The zero-order valence-electron chi connectivity index (χ0n) is 12.2. The Labute approximate surface area is 131 Å². The summed E-state index contributed by atoms with van der Waals surface area (Å²) in [6.45, 7) is 0.113. The minimum Gasteiger partial charge on any atom is -0.497 e. The zero-order chi connectivity index (χ0) is 16.8. The van der Waals surface area contributed by atoms with E-state index >= 15 is 0 Å². The molecular weight excluding hydrogens is 306 g/mol. The lowest BCUT2D eigenvalue weighted by Crippen LogP contribution is -2.35. The van der Waals surface area contributed by atoms with Gasteiger partial charge in [0.2, 0.25) is 0 Å². The first kappa shape index (κ1) is 16.4. The van der Waals surface area contributed by atoms with Crippen LogP contribution in [0.4, 0.5) is 14.5 Å². The topological polar surface area (TPSA) is 67.4 Å². The zero-order valence-corrected chi connectivity index (χ0v) is 12.2. The first-order chi connectivity index (χ1) is 11.0. The van der Waals surface area contributed by atoms with E-state index in [1.165, 1.54) is 7.11 Å². The summed E-state index contributed by atoms with van der Waals surface area (Å²) in [5, 5.41) is 4.40. The maximum absolute atomic E-state index is 13.4. The fraction of sp³-hybridized carbons (Fsp3) is 0.125. The monoisotopic (exact) mass is 320 g/mol. The molecule has 120 valence electrons. The molecule has 0 aliphatic rings. The lowest BCUT2D eigenvalue weighted by atomic mass is 10.2. The molecule has 23 heavy (non-hydrogen) atoms. The van der Waals surface area contributed by atoms with E-state index < -0.39 is 29.1 Å². The van der Waals surface area contributed by atoms with Gasteiger partial charge in [-0.3, -0.25) is 9.59 Å². The van der Waals surface area contributed by atoms with Crippen LogP contribution in [0.1, 0.15) is 5.56 Å². The van der Waals surface area contributed by atoms with Crippen molar-refractivity contribution in [1.82, 2.24) is 5.32 Å². The minimum absolute atomic E-state index is 0.113. The highest BCUT2D eigenvalue weighted by atomic mass is 19.1. The average Bonchev–Trinajstić information content (AvgIpc) is 2.56. The van der Waals surface area contributed by atoms with Crippen LogP contribution in [0.25, 0.3) is 0 Å². The van der Waals surface area contributed by atoms with E-state index in [1.807, 2.05) is 5.32 Å². The number of carbonyl (C=O) groups is 2. The number of hydrogen-bond acceptors (Lipinski definition) is 3. The van der Waals surface area contributed by atoms with Crippen molar-refractivity contribution in [1.29, 1.82) is 0 Å². The quantitative estimate of drug-likeness (QED) is 0.849. The Hall–Kier alpha value is -2.96. The van der Waals surface area contributed by atoms with E-state index in [0.29, 0.717) is 5.75 Å². The number of anilines is 1. The molecule has 0 aliphatic carbocycles. The van der Waals surface area contributed by atoms with Gasteiger partial charge in [-0.15, -0.1) is 0 Å². The van der Waals surface area contributed by atoms with Crippen molar-refractivity contribution in [3.05, 3.63) is 59.7 Å². The second kappa shape index (κ2) is 7.35. The second-order valence-corrected chi connectivity index (χ2v) is 4.61. The molecule has 2 N–H and O–H groups in total. The Morgan fingerprint density at radius 3 is 2.39 bits per heavy atom. The Kier molecular flexibility index (Phi) is 5.24. The summed E-state index contributed by atoms with van der Waals surface area (Å²) in [7, 11) is 1.53. The number of halogens is 2. The molecule has 0 aromatic heterocycles. The highest BCUT2D eigenvalue weighted by Gasteiger charge is 2.15. The molecular formula is C16H14F2N2O3. The number of methoxy groups -OCH3 is 1. The molecule has 0 atom stereocenters. The molecule has 0 radical (unpaired) electrons. The molecule has 7 heteroatoms. The van der Waals surface area contributed by atoms with Crippen molar-refractivity contribution in [2.75, 3.05) is 12.4 Å². The first-order valence-electron chi connectivity index (χ1n) is 6.67. The molecule has 2 amide bonds. The van der Waals surface area contributed by atoms with Crippen LogP contribution < -0.4 is 15.4 Å². The molecule has 5 nitrogen and oxygen atoms in total. The van der Waals surface area contributed by atoms with Gasteiger partial charge < -0.3 is 15.4 Å². The van der Waals surface area contributed by atoms with Crippen molar-refractivity contribution in [3.8, 4) is 5.75 Å². The summed E-state index contributed by atoms with van der Waals surface area (Å²) >= 11 is 0. The summed E-state index contributed by atoms with van der Waals surface area (Å²) < 4.78 is 31.4. The number of ether oxygens (including phenoxy) is 1. The smallest absolute Gasteiger partial charge is 0.313 e. The van der Waals surface area contributed by atoms with Gasteiger partial charge in [0.25, 0.3) is 0 Å². The number of rotatable bonds is 4. The van der Waals surface area contributed by atoms with Gasteiger partial charge in [-0.1, -0.05) is 12.1 Å². The third-order valence-corrected chi connectivity index (χ3v) is 2.99. The molecule has 0 saturated carbocycles. The van der Waals surface area contributed by atoms with Gasteiger partial charge in [0.05, 0.1) is 12.8 Å². The third-order valence-electron chi connectivity index (χ3n) is 2.99. The summed E-state index contributed by atoms with van der Waals surface area (Å²) in [5.74, 6) is -2.92. The van der Waals surface area contributed by atoms with E-state index in [-0.39, 0.29) is 6.54 Å². The summed E-state index contributed by atoms with van der Waals surface area (Å²) in [5.41, 5.74) is 0.360. The first-order valence-corrected chi connectivity index (χ1v) is 6.67. The maximum Gasteiger partial charge on any atom is 0.313 e. The van der Waals surface area contributed by atoms with Gasteiger partial charge in [0.1, 0.15) is 17.4 Å². The van der Waals surface area contributed by atoms with Crippen LogP contribution in [0.5, 0.6) is 5.75 Å². The van der Waals surface area contributed by atoms with Crippen LogP contribution >= 0.6 is 0 Å². The molecule has 0 unspecified atom stereocenters. The van der Waals surface area contributed by atoms with Crippen LogP contribution in [-0.2, 0) is 16.1 Å². The second-order valence-electron chi connectivity index (χ2n) is 4.61. The van der Waals surface area contributed by atoms with E-state index in [9.17, 15) is 18.4 Å². The molecule has 0 heterocycles. The van der Waals surface area contributed by atoms with Gasteiger partial charge >= 0.3 is 11.8 Å². The molecule has 2 aromatic carbocycles. The Morgan fingerprint density at radius 2 is 1.74 bits per heavy atom. The van der Waals surface area contributed by atoms with Crippen LogP contribution in [-0.4, -0.2) is 18.9 Å². The lowest BCUT2D eigenvalue weighted by Gasteiger charge is -2.08. The molecule has 2 rings (SSSR count). The van der Waals surface area contributed by atoms with Crippen molar-refractivity contribution in [2.24, 2.45) is 0 Å². The molecule has 0 bridgehead atoms. The minimum atomic E-state index is -1.08. The van der Waals surface area contributed by atoms with E-state index in [4.69, 9.17) is 4.74 Å². The fourth-order valence-corrected chi connectivity index (χ4v) is 1.78. The van der Waals surface area contributed by atoms with Gasteiger partial charge in [-0.25, -0.2) is 8.78 Å². The van der Waals surface area contributed by atoms with Gasteiger partial charge in [-0.2, -0.15) is 0 Å². The highest BCUT2D eigenvalue weighted by molar-refractivity contribution is 6.39. The van der Waals surface area contributed by atoms with E-state index in [1.54, 1.807) is 24.3 Å². The van der Waals surface area contributed by atoms with E-state index in [2.05, 4.69) is 5.32 Å². The third kappa shape index (κ3) is 4.50. The van der Waals surface area contributed by atoms with E-state index in [0.717, 1.165) is 23.8 Å². The van der Waals surface area contributed by atoms with Gasteiger partial charge in [0.15, 0.2) is 0 Å². The van der Waals surface area contributed by atoms with Crippen molar-refractivity contribution in [3.63, 3.8) is 0 Å². The SMILES string of the molecule is COc1ccc(CNC(=O)C(=O)Nc2cc(F)ccc2F)cc1. The number of hydrogen-bond donors (Lipinski definition) is 2. The highest BCUT2D eigenvalue weighted by Crippen LogP contribution is 2.15. The predicted octanol–water partition coefficient (Wildman–Crippen LogP) is 2.23. The normalized spacial score (nSPS) is 10.0. The summed E-state index contributed by atoms with van der Waals surface area (Å²) in [4.78, 5) is 23.3. The summed E-state index contributed by atoms with van der Waals surface area (Å²) in [6.07, 6.45) is 0. The fourth-order valence-electron chi connectivity index (χ4n) is 1.78. The number of nitrogens with one attached hydrogen (secondary N) is 2. The maximum atomic E-state index is 13.4. The molecule has 0 aliphatic heterocycles. The Morgan fingerprint density at radius 1 is 1.04 bits per heavy atom. The Bertz CT molecular complexity index is 718.